The summed E-state index contributed by atoms with van der Waals surface area (Å²) in [5.41, 5.74) is 6.84. The summed E-state index contributed by atoms with van der Waals surface area (Å²) in [5.74, 6) is 0.868. The average molecular weight is 404 g/mol. The summed E-state index contributed by atoms with van der Waals surface area (Å²) >= 11 is 0. The summed E-state index contributed by atoms with van der Waals surface area (Å²) < 4.78 is 5.25. The van der Waals surface area contributed by atoms with E-state index < -0.39 is 5.54 Å². The molecule has 1 unspecified atom stereocenters. The molecule has 3 N–H and O–H groups in total. The van der Waals surface area contributed by atoms with Crippen LogP contribution in [0.2, 0.25) is 0 Å². The van der Waals surface area contributed by atoms with Crippen molar-refractivity contribution in [2.45, 2.75) is 50.1 Å². The number of likely N-dealkylation sites (tertiary alicyclic amines) is 1. The topological polar surface area (TPSA) is 67.6 Å². The van der Waals surface area contributed by atoms with E-state index in [0.29, 0.717) is 6.54 Å². The van der Waals surface area contributed by atoms with E-state index in [1.165, 1.54) is 18.4 Å². The maximum atomic E-state index is 12.5. The van der Waals surface area contributed by atoms with Gasteiger partial charge in [-0.05, 0) is 56.5 Å². The van der Waals surface area contributed by atoms with Crippen molar-refractivity contribution in [1.29, 1.82) is 0 Å². The molecule has 1 saturated heterocycles. The Morgan fingerprint density at radius 3 is 2.27 bits per heavy atom. The van der Waals surface area contributed by atoms with E-state index in [1.54, 1.807) is 7.11 Å². The zero-order valence-corrected chi connectivity index (χ0v) is 17.0. The van der Waals surface area contributed by atoms with Crippen molar-refractivity contribution in [3.8, 4) is 5.75 Å². The minimum Gasteiger partial charge on any atom is -0.497 e. The van der Waals surface area contributed by atoms with Gasteiger partial charge in [-0.3, -0.25) is 9.69 Å². The highest BCUT2D eigenvalue weighted by Gasteiger charge is 2.37. The second-order valence-corrected chi connectivity index (χ2v) is 7.11. The molecule has 1 atom stereocenters. The number of methoxy groups -OCH3 is 1. The van der Waals surface area contributed by atoms with Crippen LogP contribution in [0.4, 0.5) is 0 Å². The Balaban J connectivity index is 0.00000169. The SMILES string of the molecule is COc1ccc(C(CNC(=O)C2(N)CCCC2)N2CCCC2)cc1.Cl.Cl. The molecule has 1 aliphatic heterocycles. The Morgan fingerprint density at radius 2 is 1.73 bits per heavy atom. The van der Waals surface area contributed by atoms with Crippen molar-refractivity contribution >= 4 is 30.7 Å². The van der Waals surface area contributed by atoms with Gasteiger partial charge >= 0.3 is 0 Å². The van der Waals surface area contributed by atoms with E-state index in [-0.39, 0.29) is 36.8 Å². The number of nitrogens with one attached hydrogen (secondary N) is 1. The zero-order chi connectivity index (χ0) is 17.0. The number of carbonyl (C=O) groups is 1. The van der Waals surface area contributed by atoms with Crippen molar-refractivity contribution in [3.63, 3.8) is 0 Å². The van der Waals surface area contributed by atoms with Gasteiger partial charge in [-0.15, -0.1) is 24.8 Å². The number of amides is 1. The van der Waals surface area contributed by atoms with Crippen molar-refractivity contribution in [1.82, 2.24) is 10.2 Å². The number of carbonyl (C=O) groups excluding carboxylic acids is 1. The van der Waals surface area contributed by atoms with Gasteiger partial charge in [0, 0.05) is 6.54 Å². The maximum Gasteiger partial charge on any atom is 0.240 e. The van der Waals surface area contributed by atoms with Crippen LogP contribution in [0.5, 0.6) is 5.75 Å². The van der Waals surface area contributed by atoms with Gasteiger partial charge in [0.25, 0.3) is 0 Å². The first-order valence-electron chi connectivity index (χ1n) is 9.07. The van der Waals surface area contributed by atoms with Crippen molar-refractivity contribution in [2.75, 3.05) is 26.7 Å². The van der Waals surface area contributed by atoms with Crippen LogP contribution in [-0.2, 0) is 4.79 Å². The first-order chi connectivity index (χ1) is 11.6. The van der Waals surface area contributed by atoms with E-state index in [9.17, 15) is 4.79 Å². The predicted molar refractivity (Wildman–Crippen MR) is 109 cm³/mol. The van der Waals surface area contributed by atoms with Crippen molar-refractivity contribution in [3.05, 3.63) is 29.8 Å². The Labute approximate surface area is 168 Å². The molecule has 2 aliphatic rings. The van der Waals surface area contributed by atoms with Gasteiger partial charge in [0.1, 0.15) is 5.75 Å². The number of halogens is 2. The molecule has 148 valence electrons. The summed E-state index contributed by atoms with van der Waals surface area (Å²) in [6.07, 6.45) is 6.16. The molecule has 2 fully saturated rings. The van der Waals surface area contributed by atoms with Crippen LogP contribution in [-0.4, -0.2) is 43.1 Å². The molecule has 1 heterocycles. The summed E-state index contributed by atoms with van der Waals surface area (Å²) in [6, 6.07) is 8.37. The van der Waals surface area contributed by atoms with Gasteiger partial charge in [-0.2, -0.15) is 0 Å². The van der Waals surface area contributed by atoms with Crippen molar-refractivity contribution < 1.29 is 9.53 Å². The smallest absolute Gasteiger partial charge is 0.240 e. The third kappa shape index (κ3) is 5.26. The van der Waals surface area contributed by atoms with Crippen LogP contribution in [0.3, 0.4) is 0 Å². The maximum absolute atomic E-state index is 12.5. The highest BCUT2D eigenvalue weighted by Crippen LogP contribution is 2.29. The van der Waals surface area contributed by atoms with Crippen LogP contribution < -0.4 is 15.8 Å². The third-order valence-electron chi connectivity index (χ3n) is 5.49. The second-order valence-electron chi connectivity index (χ2n) is 7.11. The highest BCUT2D eigenvalue weighted by molar-refractivity contribution is 5.86. The molecule has 0 bridgehead atoms. The minimum atomic E-state index is -0.657. The first kappa shape index (κ1) is 23.0. The number of rotatable bonds is 6. The van der Waals surface area contributed by atoms with Crippen LogP contribution in [0, 0.1) is 0 Å². The molecule has 1 saturated carbocycles. The van der Waals surface area contributed by atoms with Gasteiger partial charge < -0.3 is 15.8 Å². The predicted octanol–water partition coefficient (Wildman–Crippen LogP) is 3.06. The fraction of sp³-hybridized carbons (Fsp3) is 0.632. The van der Waals surface area contributed by atoms with Crippen LogP contribution in [0.15, 0.2) is 24.3 Å². The third-order valence-corrected chi connectivity index (χ3v) is 5.49. The van der Waals surface area contributed by atoms with E-state index in [2.05, 4.69) is 22.3 Å². The number of ether oxygens (including phenoxy) is 1. The lowest BCUT2D eigenvalue weighted by Crippen LogP contribution is -2.53. The van der Waals surface area contributed by atoms with E-state index in [1.807, 2.05) is 12.1 Å². The molecule has 1 aromatic rings. The van der Waals surface area contributed by atoms with Gasteiger partial charge in [0.15, 0.2) is 0 Å². The molecule has 0 aromatic heterocycles. The number of nitrogens with two attached hydrogens (primary N) is 1. The number of hydrogen-bond donors (Lipinski definition) is 2. The Kier molecular flexibility index (Phi) is 9.17. The molecule has 5 nitrogen and oxygen atoms in total. The van der Waals surface area contributed by atoms with Gasteiger partial charge in [0.05, 0.1) is 18.7 Å². The van der Waals surface area contributed by atoms with Gasteiger partial charge in [-0.25, -0.2) is 0 Å². The number of benzene rings is 1. The summed E-state index contributed by atoms with van der Waals surface area (Å²) in [6.45, 7) is 2.78. The van der Waals surface area contributed by atoms with E-state index in [4.69, 9.17) is 10.5 Å². The molecule has 0 radical (unpaired) electrons. The molecular formula is C19H31Cl2N3O2. The lowest BCUT2D eigenvalue weighted by Gasteiger charge is -2.30. The number of hydrogen-bond acceptors (Lipinski definition) is 4. The minimum absolute atomic E-state index is 0. The number of nitrogens with zero attached hydrogens (tertiary/aromatic N) is 1. The normalized spacial score (nSPS) is 19.9. The molecular weight excluding hydrogens is 373 g/mol. The second kappa shape index (κ2) is 10.4. The monoisotopic (exact) mass is 403 g/mol. The molecule has 3 rings (SSSR count). The Bertz CT molecular complexity index is 556. The van der Waals surface area contributed by atoms with E-state index >= 15 is 0 Å². The average Bonchev–Trinajstić information content (AvgIpc) is 3.28. The zero-order valence-electron chi connectivity index (χ0n) is 15.4. The molecule has 7 heteroatoms. The fourth-order valence-corrected chi connectivity index (χ4v) is 3.94. The standard InChI is InChI=1S/C19H29N3O2.2ClH/c1-24-16-8-6-15(7-9-16)17(22-12-4-5-13-22)14-21-18(23)19(20)10-2-3-11-19;;/h6-9,17H,2-5,10-14,20H2,1H3,(H,21,23);2*1H. The Hall–Kier alpha value is -1.01. The Morgan fingerprint density at radius 1 is 1.15 bits per heavy atom. The summed E-state index contributed by atoms with van der Waals surface area (Å²) in [4.78, 5) is 15.0. The quantitative estimate of drug-likeness (QED) is 0.765. The summed E-state index contributed by atoms with van der Waals surface area (Å²) in [7, 11) is 1.68. The van der Waals surface area contributed by atoms with Crippen molar-refractivity contribution in [2.24, 2.45) is 5.73 Å². The first-order valence-corrected chi connectivity index (χ1v) is 9.07. The van der Waals surface area contributed by atoms with Crippen LogP contribution >= 0.6 is 24.8 Å². The largest absolute Gasteiger partial charge is 0.497 e. The summed E-state index contributed by atoms with van der Waals surface area (Å²) in [5, 5.41) is 3.13. The molecule has 1 aromatic carbocycles. The van der Waals surface area contributed by atoms with Crippen LogP contribution in [0.1, 0.15) is 50.1 Å². The lowest BCUT2D eigenvalue weighted by molar-refractivity contribution is -0.126. The molecule has 0 spiro atoms. The molecule has 26 heavy (non-hydrogen) atoms. The molecule has 1 aliphatic carbocycles. The lowest BCUT2D eigenvalue weighted by atomic mass is 9.97. The van der Waals surface area contributed by atoms with Gasteiger partial charge in [0.2, 0.25) is 5.91 Å². The highest BCUT2D eigenvalue weighted by atomic mass is 35.5. The van der Waals surface area contributed by atoms with Crippen LogP contribution in [0.25, 0.3) is 0 Å². The molecule has 1 amide bonds. The fourth-order valence-electron chi connectivity index (χ4n) is 3.94. The van der Waals surface area contributed by atoms with E-state index in [0.717, 1.165) is 44.5 Å². The van der Waals surface area contributed by atoms with Gasteiger partial charge in [-0.1, -0.05) is 25.0 Å².